The summed E-state index contributed by atoms with van der Waals surface area (Å²) in [7, 11) is 0. The van der Waals surface area contributed by atoms with Gasteiger partial charge < -0.3 is 9.84 Å². The molecule has 1 aliphatic rings. The molecule has 3 unspecified atom stereocenters. The number of carbonyl (C=O) groups excluding carboxylic acids is 1. The molecule has 1 fully saturated rings. The molecule has 184 valence electrons. The van der Waals surface area contributed by atoms with Gasteiger partial charge in [-0.15, -0.1) is 11.8 Å². The van der Waals surface area contributed by atoms with Gasteiger partial charge in [0.05, 0.1) is 16.3 Å². The van der Waals surface area contributed by atoms with E-state index in [4.69, 9.17) is 21.3 Å². The zero-order chi connectivity index (χ0) is 25.3. The molecule has 4 aromatic rings. The van der Waals surface area contributed by atoms with Crippen molar-refractivity contribution >= 4 is 40.5 Å². The molecule has 0 bridgehead atoms. The predicted octanol–water partition coefficient (Wildman–Crippen LogP) is 6.32. The second-order valence-corrected chi connectivity index (χ2v) is 10.9. The summed E-state index contributed by atoms with van der Waals surface area (Å²) in [4.78, 5) is 18.9. The highest BCUT2D eigenvalue weighted by Gasteiger charge is 2.48. The Labute approximate surface area is 221 Å². The van der Waals surface area contributed by atoms with Crippen molar-refractivity contribution in [2.24, 2.45) is 0 Å². The number of pyridine rings is 1. The summed E-state index contributed by atoms with van der Waals surface area (Å²) in [6.07, 6.45) is -1.08. The highest BCUT2D eigenvalue weighted by atomic mass is 35.5. The highest BCUT2D eigenvalue weighted by Crippen LogP contribution is 2.42. The minimum Gasteiger partial charge on any atom is -0.439 e. The third kappa shape index (κ3) is 4.92. The largest absolute Gasteiger partial charge is 0.439 e. The quantitative estimate of drug-likeness (QED) is 0.298. The summed E-state index contributed by atoms with van der Waals surface area (Å²) < 4.78 is 19.6. The molecular weight excluding hydrogens is 519 g/mol. The van der Waals surface area contributed by atoms with Crippen molar-refractivity contribution in [2.75, 3.05) is 0 Å². The lowest BCUT2D eigenvalue weighted by Gasteiger charge is -2.42. The Bertz CT molecular complexity index is 1400. The van der Waals surface area contributed by atoms with Crippen molar-refractivity contribution in [3.05, 3.63) is 105 Å². The van der Waals surface area contributed by atoms with Crippen molar-refractivity contribution in [3.8, 4) is 11.6 Å². The summed E-state index contributed by atoms with van der Waals surface area (Å²) in [5.41, 5.74) is 0.767. The number of thioether (sulfide) groups is 1. The first-order chi connectivity index (χ1) is 17.4. The fraction of sp³-hybridized carbons (Fsp3) is 0.185. The number of benzene rings is 2. The zero-order valence-corrected chi connectivity index (χ0v) is 21.5. The van der Waals surface area contributed by atoms with Gasteiger partial charge in [-0.2, -0.15) is 11.3 Å². The van der Waals surface area contributed by atoms with Gasteiger partial charge >= 0.3 is 0 Å². The van der Waals surface area contributed by atoms with Crippen LogP contribution in [0.3, 0.4) is 0 Å². The number of ether oxygens (including phenoxy) is 1. The van der Waals surface area contributed by atoms with E-state index in [1.165, 1.54) is 35.2 Å². The SMILES string of the molecule is Cc1cc(Oc2cccc(C3(c4ccsc4)CC(=O)C(Sc4ccccc4Cl)C(O)N3)n2)ccc1F. The lowest BCUT2D eigenvalue weighted by molar-refractivity contribution is -0.125. The Kier molecular flexibility index (Phi) is 7.14. The fourth-order valence-electron chi connectivity index (χ4n) is 4.24. The second-order valence-electron chi connectivity index (χ2n) is 8.49. The normalized spacial score (nSPS) is 21.9. The molecule has 0 spiro atoms. The Morgan fingerprint density at radius 2 is 2.03 bits per heavy atom. The van der Waals surface area contributed by atoms with Crippen molar-refractivity contribution in [1.29, 1.82) is 0 Å². The molecule has 3 heterocycles. The Balaban J connectivity index is 1.47. The number of aliphatic hydroxyl groups excluding tert-OH is 1. The van der Waals surface area contributed by atoms with Gasteiger partial charge in [-0.05, 0) is 71.3 Å². The molecule has 2 aromatic heterocycles. The van der Waals surface area contributed by atoms with E-state index in [0.29, 0.717) is 27.9 Å². The van der Waals surface area contributed by atoms with E-state index in [1.54, 1.807) is 37.3 Å². The van der Waals surface area contributed by atoms with Crippen LogP contribution in [0.2, 0.25) is 5.02 Å². The van der Waals surface area contributed by atoms with Crippen molar-refractivity contribution in [1.82, 2.24) is 10.3 Å². The smallest absolute Gasteiger partial charge is 0.219 e. The minimum atomic E-state index is -1.15. The first kappa shape index (κ1) is 24.9. The molecule has 1 aliphatic heterocycles. The molecule has 36 heavy (non-hydrogen) atoms. The third-order valence-corrected chi connectivity index (χ3v) is 8.56. The van der Waals surface area contributed by atoms with Gasteiger partial charge in [-0.3, -0.25) is 10.1 Å². The Morgan fingerprint density at radius 3 is 2.75 bits per heavy atom. The molecule has 0 aliphatic carbocycles. The van der Waals surface area contributed by atoms with Crippen LogP contribution < -0.4 is 10.1 Å². The van der Waals surface area contributed by atoms with Gasteiger partial charge in [-0.25, -0.2) is 9.37 Å². The van der Waals surface area contributed by atoms with Gasteiger partial charge in [0, 0.05) is 17.4 Å². The number of thiophene rings is 1. The number of hydrogen-bond donors (Lipinski definition) is 2. The monoisotopic (exact) mass is 540 g/mol. The summed E-state index contributed by atoms with van der Waals surface area (Å²) >= 11 is 9.03. The Morgan fingerprint density at radius 1 is 1.19 bits per heavy atom. The van der Waals surface area contributed by atoms with E-state index in [-0.39, 0.29) is 18.0 Å². The van der Waals surface area contributed by atoms with Crippen LogP contribution in [0, 0.1) is 12.7 Å². The van der Waals surface area contributed by atoms with E-state index < -0.39 is 17.0 Å². The molecule has 5 rings (SSSR count). The molecule has 9 heteroatoms. The average molecular weight is 541 g/mol. The number of hydrogen-bond acceptors (Lipinski definition) is 7. The molecule has 0 saturated carbocycles. The van der Waals surface area contributed by atoms with Crippen LogP contribution in [0.15, 0.2) is 82.4 Å². The number of aromatic nitrogens is 1. The van der Waals surface area contributed by atoms with Crippen LogP contribution in [0.25, 0.3) is 0 Å². The van der Waals surface area contributed by atoms with Crippen LogP contribution in [-0.4, -0.2) is 27.4 Å². The number of nitrogens with one attached hydrogen (secondary N) is 1. The van der Waals surface area contributed by atoms with Crippen LogP contribution in [0.4, 0.5) is 4.39 Å². The lowest BCUT2D eigenvalue weighted by Crippen LogP contribution is -2.60. The number of ketones is 1. The summed E-state index contributed by atoms with van der Waals surface area (Å²) in [5.74, 6) is 0.305. The number of rotatable bonds is 6. The summed E-state index contributed by atoms with van der Waals surface area (Å²) in [6, 6.07) is 18.9. The van der Waals surface area contributed by atoms with Crippen molar-refractivity contribution < 1.29 is 19.0 Å². The van der Waals surface area contributed by atoms with Gasteiger partial charge in [0.25, 0.3) is 0 Å². The molecule has 2 N–H and O–H groups in total. The molecule has 3 atom stereocenters. The van der Waals surface area contributed by atoms with Crippen LogP contribution in [0.1, 0.15) is 23.2 Å². The number of halogens is 2. The topological polar surface area (TPSA) is 71.5 Å². The molecule has 2 aromatic carbocycles. The summed E-state index contributed by atoms with van der Waals surface area (Å²) in [5, 5.41) is 18.1. The van der Waals surface area contributed by atoms with Gasteiger partial charge in [-0.1, -0.05) is 29.8 Å². The van der Waals surface area contributed by atoms with E-state index in [0.717, 1.165) is 10.5 Å². The molecule has 1 saturated heterocycles. The van der Waals surface area contributed by atoms with Gasteiger partial charge in [0.15, 0.2) is 5.78 Å². The third-order valence-electron chi connectivity index (χ3n) is 6.05. The summed E-state index contributed by atoms with van der Waals surface area (Å²) in [6.45, 7) is 1.66. The van der Waals surface area contributed by atoms with E-state index in [1.807, 2.05) is 35.0 Å². The number of carbonyl (C=O) groups is 1. The number of piperidine rings is 1. The first-order valence-electron chi connectivity index (χ1n) is 11.2. The average Bonchev–Trinajstić information content (AvgIpc) is 3.41. The van der Waals surface area contributed by atoms with E-state index in [2.05, 4.69) is 5.32 Å². The number of aryl methyl sites for hydroxylation is 1. The lowest BCUT2D eigenvalue weighted by atomic mass is 9.79. The van der Waals surface area contributed by atoms with Crippen molar-refractivity contribution in [3.63, 3.8) is 0 Å². The number of nitrogens with zero attached hydrogens (tertiary/aromatic N) is 1. The van der Waals surface area contributed by atoms with Crippen LogP contribution >= 0.6 is 34.7 Å². The molecule has 0 amide bonds. The number of aliphatic hydroxyl groups is 1. The predicted molar refractivity (Wildman–Crippen MR) is 140 cm³/mol. The standard InChI is InChI=1S/C27H22ClFN2O3S2/c1-16-13-18(9-10-20(16)29)34-24-8-4-7-23(30-24)27(17-11-12-35-15-17)14-21(32)25(26(33)31-27)36-22-6-3-2-5-19(22)28/h2-13,15,25-26,31,33H,14H2,1H3. The number of Topliss-reactive ketones (excluding diaryl/α,β-unsaturated/α-hetero) is 1. The fourth-order valence-corrected chi connectivity index (χ4v) is 6.26. The molecule has 0 radical (unpaired) electrons. The Hall–Kier alpha value is -2.75. The van der Waals surface area contributed by atoms with Gasteiger partial charge in [0.2, 0.25) is 5.88 Å². The highest BCUT2D eigenvalue weighted by molar-refractivity contribution is 8.00. The van der Waals surface area contributed by atoms with Gasteiger partial charge in [0.1, 0.15) is 23.0 Å². The van der Waals surface area contributed by atoms with E-state index >= 15 is 0 Å². The molecule has 5 nitrogen and oxygen atoms in total. The maximum Gasteiger partial charge on any atom is 0.219 e. The van der Waals surface area contributed by atoms with Crippen LogP contribution in [-0.2, 0) is 10.3 Å². The zero-order valence-electron chi connectivity index (χ0n) is 19.2. The maximum absolute atomic E-state index is 13.7. The first-order valence-corrected chi connectivity index (χ1v) is 13.4. The minimum absolute atomic E-state index is 0.0784. The maximum atomic E-state index is 13.7. The van der Waals surface area contributed by atoms with E-state index in [9.17, 15) is 14.3 Å². The molecular formula is C27H22ClFN2O3S2. The van der Waals surface area contributed by atoms with Crippen LogP contribution in [0.5, 0.6) is 11.6 Å². The second kappa shape index (κ2) is 10.3. The van der Waals surface area contributed by atoms with Crippen molar-refractivity contribution in [2.45, 2.75) is 35.3 Å².